The molecule has 11 heteroatoms. The molecule has 0 bridgehead atoms. The molecule has 0 saturated carbocycles. The fraction of sp³-hybridized carbons (Fsp3) is 0.615. The summed E-state index contributed by atoms with van der Waals surface area (Å²) >= 11 is 3.37. The molecule has 1 aliphatic rings. The Morgan fingerprint density at radius 3 is 2.19 bits per heavy atom. The van der Waals surface area contributed by atoms with E-state index in [1.54, 1.807) is 65.8 Å². The van der Waals surface area contributed by atoms with E-state index in [2.05, 4.69) is 26.6 Å². The van der Waals surface area contributed by atoms with E-state index < -0.39 is 59.1 Å². The van der Waals surface area contributed by atoms with E-state index in [1.807, 2.05) is 0 Å². The predicted molar refractivity (Wildman–Crippen MR) is 140 cm³/mol. The van der Waals surface area contributed by atoms with Crippen molar-refractivity contribution in [3.05, 3.63) is 34.3 Å². The standard InChI is InChI=1S/C26H38BrN3O7/c1-25(2,3)21(29-24(35)37-26(4,5)6)23(34)30-14-17(31)12-19(30)22(33)28-18(13-20(32)36-7)15-8-10-16(27)11-9-15/h8-11,17-19,21,31H,12-14H2,1-7H3,(H,28,33)(H,29,35)/t17-,18+,19+,21+/m1/s1. The molecule has 10 nitrogen and oxygen atoms in total. The number of carbonyl (C=O) groups excluding carboxylic acids is 4. The highest BCUT2D eigenvalue weighted by Gasteiger charge is 2.45. The molecule has 37 heavy (non-hydrogen) atoms. The third-order valence-corrected chi connectivity index (χ3v) is 6.35. The van der Waals surface area contributed by atoms with E-state index >= 15 is 0 Å². The number of amides is 3. The number of likely N-dealkylation sites (tertiary alicyclic amines) is 1. The minimum atomic E-state index is -1.01. The lowest BCUT2D eigenvalue weighted by Crippen LogP contribution is -2.58. The van der Waals surface area contributed by atoms with Crippen LogP contribution < -0.4 is 10.6 Å². The number of hydrogen-bond acceptors (Lipinski definition) is 7. The van der Waals surface area contributed by atoms with Gasteiger partial charge in [0.1, 0.15) is 17.7 Å². The maximum absolute atomic E-state index is 13.7. The first kappa shape index (κ1) is 30.6. The molecule has 3 amide bonds. The lowest BCUT2D eigenvalue weighted by molar-refractivity contribution is -0.144. The first-order chi connectivity index (χ1) is 17.0. The van der Waals surface area contributed by atoms with Crippen molar-refractivity contribution >= 4 is 39.8 Å². The minimum Gasteiger partial charge on any atom is -0.469 e. The SMILES string of the molecule is COC(=O)C[C@H](NC(=O)[C@@H]1C[C@@H](O)CN1C(=O)[C@H](NC(=O)OC(C)(C)C)C(C)(C)C)c1ccc(Br)cc1. The number of rotatable bonds is 7. The molecule has 0 aliphatic carbocycles. The van der Waals surface area contributed by atoms with Crippen LogP contribution >= 0.6 is 15.9 Å². The number of carbonyl (C=O) groups is 4. The molecule has 1 fully saturated rings. The number of nitrogens with zero attached hydrogens (tertiary/aromatic N) is 1. The van der Waals surface area contributed by atoms with Crippen LogP contribution in [0.4, 0.5) is 4.79 Å². The summed E-state index contributed by atoms with van der Waals surface area (Å²) in [6, 6.07) is 4.40. The first-order valence-electron chi connectivity index (χ1n) is 12.1. The molecule has 0 aromatic heterocycles. The molecular weight excluding hydrogens is 546 g/mol. The Hall–Kier alpha value is -2.66. The molecule has 1 aromatic carbocycles. The number of methoxy groups -OCH3 is 1. The van der Waals surface area contributed by atoms with E-state index in [4.69, 9.17) is 9.47 Å². The smallest absolute Gasteiger partial charge is 0.408 e. The van der Waals surface area contributed by atoms with Gasteiger partial charge in [-0.3, -0.25) is 14.4 Å². The molecule has 1 saturated heterocycles. The number of benzene rings is 1. The van der Waals surface area contributed by atoms with Gasteiger partial charge in [-0.15, -0.1) is 0 Å². The summed E-state index contributed by atoms with van der Waals surface area (Å²) in [5.74, 6) is -1.54. The average molecular weight is 585 g/mol. The van der Waals surface area contributed by atoms with Gasteiger partial charge < -0.3 is 30.1 Å². The van der Waals surface area contributed by atoms with Gasteiger partial charge in [0.25, 0.3) is 0 Å². The highest BCUT2D eigenvalue weighted by Crippen LogP contribution is 2.28. The molecule has 2 rings (SSSR count). The van der Waals surface area contributed by atoms with Crippen molar-refractivity contribution in [3.8, 4) is 0 Å². The molecule has 0 spiro atoms. The van der Waals surface area contributed by atoms with Crippen LogP contribution in [-0.2, 0) is 23.9 Å². The summed E-state index contributed by atoms with van der Waals surface area (Å²) in [5, 5.41) is 15.9. The van der Waals surface area contributed by atoms with Crippen LogP contribution in [0.2, 0.25) is 0 Å². The van der Waals surface area contributed by atoms with Gasteiger partial charge in [-0.2, -0.15) is 0 Å². The van der Waals surface area contributed by atoms with Crippen LogP contribution in [0, 0.1) is 5.41 Å². The normalized spacial score (nSPS) is 19.5. The van der Waals surface area contributed by atoms with Gasteiger partial charge in [0.15, 0.2) is 0 Å². The summed E-state index contributed by atoms with van der Waals surface area (Å²) in [4.78, 5) is 52.9. The van der Waals surface area contributed by atoms with Crippen molar-refractivity contribution in [1.29, 1.82) is 0 Å². The summed E-state index contributed by atoms with van der Waals surface area (Å²) in [7, 11) is 1.26. The second-order valence-electron chi connectivity index (χ2n) is 11.2. The highest BCUT2D eigenvalue weighted by atomic mass is 79.9. The Morgan fingerprint density at radius 2 is 1.68 bits per heavy atom. The Bertz CT molecular complexity index is 985. The van der Waals surface area contributed by atoms with Crippen LogP contribution in [0.25, 0.3) is 0 Å². The van der Waals surface area contributed by atoms with Gasteiger partial charge in [-0.05, 0) is 43.9 Å². The molecule has 1 heterocycles. The van der Waals surface area contributed by atoms with Crippen molar-refractivity contribution in [1.82, 2.24) is 15.5 Å². The number of β-amino-alcohol motifs (C(OH)–C–C–N with tert-alkyl or cyclic N) is 1. The van der Waals surface area contributed by atoms with Gasteiger partial charge >= 0.3 is 12.1 Å². The summed E-state index contributed by atoms with van der Waals surface area (Å²) in [6.45, 7) is 10.4. The zero-order valence-electron chi connectivity index (χ0n) is 22.5. The zero-order chi connectivity index (χ0) is 28.1. The van der Waals surface area contributed by atoms with E-state index in [1.165, 1.54) is 12.0 Å². The summed E-state index contributed by atoms with van der Waals surface area (Å²) < 4.78 is 11.0. The van der Waals surface area contributed by atoms with Crippen LogP contribution in [-0.4, -0.2) is 71.3 Å². The van der Waals surface area contributed by atoms with Gasteiger partial charge in [0.05, 0.1) is 25.7 Å². The van der Waals surface area contributed by atoms with Crippen LogP contribution in [0.15, 0.2) is 28.7 Å². The van der Waals surface area contributed by atoms with Crippen LogP contribution in [0.5, 0.6) is 0 Å². The Kier molecular flexibility index (Phi) is 10.1. The lowest BCUT2D eigenvalue weighted by Gasteiger charge is -2.36. The summed E-state index contributed by atoms with van der Waals surface area (Å²) in [5.41, 5.74) is -0.797. The average Bonchev–Trinajstić information content (AvgIpc) is 3.17. The minimum absolute atomic E-state index is 0.0200. The molecular formula is C26H38BrN3O7. The molecule has 206 valence electrons. The van der Waals surface area contributed by atoms with E-state index in [0.29, 0.717) is 5.56 Å². The highest BCUT2D eigenvalue weighted by molar-refractivity contribution is 9.10. The van der Waals surface area contributed by atoms with Crippen LogP contribution in [0.3, 0.4) is 0 Å². The Balaban J connectivity index is 2.28. The molecule has 0 radical (unpaired) electrons. The van der Waals surface area contributed by atoms with Crippen molar-refractivity contribution in [2.75, 3.05) is 13.7 Å². The van der Waals surface area contributed by atoms with Crippen molar-refractivity contribution in [2.24, 2.45) is 5.41 Å². The summed E-state index contributed by atoms with van der Waals surface area (Å²) in [6.07, 6.45) is -1.77. The topological polar surface area (TPSA) is 134 Å². The second kappa shape index (κ2) is 12.3. The third-order valence-electron chi connectivity index (χ3n) is 5.83. The fourth-order valence-corrected chi connectivity index (χ4v) is 4.28. The van der Waals surface area contributed by atoms with E-state index in [0.717, 1.165) is 4.47 Å². The Labute approximate surface area is 226 Å². The first-order valence-corrected chi connectivity index (χ1v) is 12.9. The molecule has 1 aromatic rings. The largest absolute Gasteiger partial charge is 0.469 e. The number of ether oxygens (including phenoxy) is 2. The molecule has 4 atom stereocenters. The fourth-order valence-electron chi connectivity index (χ4n) is 4.01. The lowest BCUT2D eigenvalue weighted by atomic mass is 9.85. The number of aliphatic hydroxyl groups excluding tert-OH is 1. The maximum atomic E-state index is 13.7. The van der Waals surface area contributed by atoms with Crippen molar-refractivity contribution in [3.63, 3.8) is 0 Å². The molecule has 3 N–H and O–H groups in total. The number of esters is 1. The quantitative estimate of drug-likeness (QED) is 0.420. The third kappa shape index (κ3) is 8.99. The number of halogens is 1. The van der Waals surface area contributed by atoms with Crippen molar-refractivity contribution in [2.45, 2.75) is 84.2 Å². The van der Waals surface area contributed by atoms with Crippen molar-refractivity contribution < 1.29 is 33.8 Å². The van der Waals surface area contributed by atoms with E-state index in [-0.39, 0.29) is 19.4 Å². The number of hydrogen-bond donors (Lipinski definition) is 3. The number of alkyl carbamates (subject to hydrolysis) is 1. The maximum Gasteiger partial charge on any atom is 0.408 e. The predicted octanol–water partition coefficient (Wildman–Crippen LogP) is 3.07. The number of aliphatic hydroxyl groups is 1. The molecule has 0 unspecified atom stereocenters. The molecule has 1 aliphatic heterocycles. The van der Waals surface area contributed by atoms with Gasteiger partial charge in [-0.1, -0.05) is 48.8 Å². The van der Waals surface area contributed by atoms with Gasteiger partial charge in [0, 0.05) is 17.4 Å². The monoisotopic (exact) mass is 583 g/mol. The zero-order valence-corrected chi connectivity index (χ0v) is 24.0. The number of nitrogens with one attached hydrogen (secondary N) is 2. The second-order valence-corrected chi connectivity index (χ2v) is 12.1. The Morgan fingerprint density at radius 1 is 1.08 bits per heavy atom. The van der Waals surface area contributed by atoms with E-state index in [9.17, 15) is 24.3 Å². The van der Waals surface area contributed by atoms with Gasteiger partial charge in [-0.25, -0.2) is 4.79 Å². The van der Waals surface area contributed by atoms with Gasteiger partial charge in [0.2, 0.25) is 11.8 Å². The van der Waals surface area contributed by atoms with Crippen LogP contribution in [0.1, 0.15) is 66.0 Å².